The average molecular weight is 431 g/mol. The maximum atomic E-state index is 14.1. The minimum Gasteiger partial charge on any atom is -0.494 e. The molecule has 0 saturated heterocycles. The van der Waals surface area contributed by atoms with Crippen LogP contribution in [0.25, 0.3) is 0 Å². The second-order valence-electron chi connectivity index (χ2n) is 8.36. The van der Waals surface area contributed by atoms with E-state index in [1.807, 2.05) is 0 Å². The molecule has 9 heteroatoms. The lowest BCUT2D eigenvalue weighted by Gasteiger charge is -2.20. The molecule has 168 valence electrons. The van der Waals surface area contributed by atoms with Gasteiger partial charge in [-0.15, -0.1) is 0 Å². The van der Waals surface area contributed by atoms with Crippen molar-refractivity contribution in [2.45, 2.75) is 76.0 Å². The second kappa shape index (κ2) is 10.1. The zero-order chi connectivity index (χ0) is 21.6. The van der Waals surface area contributed by atoms with Crippen LogP contribution in [0.1, 0.15) is 57.8 Å². The van der Waals surface area contributed by atoms with Gasteiger partial charge < -0.3 is 25.8 Å². The molecule has 0 amide bonds. The van der Waals surface area contributed by atoms with E-state index >= 15 is 0 Å². The van der Waals surface area contributed by atoms with Crippen molar-refractivity contribution in [3.63, 3.8) is 0 Å². The molecule has 1 heterocycles. The lowest BCUT2D eigenvalue weighted by molar-refractivity contribution is 0.171. The normalized spacial score (nSPS) is 22.0. The zero-order valence-electron chi connectivity index (χ0n) is 17.9. The first-order chi connectivity index (χ1) is 15.1. The van der Waals surface area contributed by atoms with Gasteiger partial charge in [0.25, 0.3) is 0 Å². The molecule has 0 spiro atoms. The Labute approximate surface area is 182 Å². The van der Waals surface area contributed by atoms with Gasteiger partial charge in [0.05, 0.1) is 19.3 Å². The number of ether oxygens (including phenoxy) is 1. The van der Waals surface area contributed by atoms with Crippen molar-refractivity contribution in [3.8, 4) is 5.75 Å². The van der Waals surface area contributed by atoms with Gasteiger partial charge in [-0.3, -0.25) is 0 Å². The number of nitrogens with zero attached hydrogens (tertiary/aromatic N) is 3. The van der Waals surface area contributed by atoms with Gasteiger partial charge in [-0.2, -0.15) is 15.0 Å². The summed E-state index contributed by atoms with van der Waals surface area (Å²) in [5, 5.41) is 19.9. The molecule has 0 radical (unpaired) electrons. The molecule has 2 aliphatic rings. The maximum Gasteiger partial charge on any atom is 0.233 e. The van der Waals surface area contributed by atoms with Crippen LogP contribution in [0.2, 0.25) is 0 Å². The van der Waals surface area contributed by atoms with E-state index in [9.17, 15) is 9.50 Å². The summed E-state index contributed by atoms with van der Waals surface area (Å²) in [4.78, 5) is 13.5. The van der Waals surface area contributed by atoms with Crippen molar-refractivity contribution in [1.29, 1.82) is 0 Å². The number of hydrogen-bond acceptors (Lipinski definition) is 8. The first kappa shape index (κ1) is 21.5. The molecule has 1 aromatic carbocycles. The summed E-state index contributed by atoms with van der Waals surface area (Å²) in [6, 6.07) is 4.84. The molecule has 1 aromatic heterocycles. The number of rotatable bonds is 7. The number of nitrogens with one attached hydrogen (secondary N) is 3. The van der Waals surface area contributed by atoms with E-state index in [0.717, 1.165) is 32.1 Å². The molecule has 31 heavy (non-hydrogen) atoms. The summed E-state index contributed by atoms with van der Waals surface area (Å²) >= 11 is 0. The second-order valence-corrected chi connectivity index (χ2v) is 8.36. The van der Waals surface area contributed by atoms with Crippen LogP contribution in [0, 0.1) is 5.82 Å². The smallest absolute Gasteiger partial charge is 0.233 e. The number of anilines is 4. The summed E-state index contributed by atoms with van der Waals surface area (Å²) in [7, 11) is 1.43. The van der Waals surface area contributed by atoms with Gasteiger partial charge in [0.2, 0.25) is 17.8 Å². The number of halogens is 1. The molecule has 4 N–H and O–H groups in total. The standard InChI is InChI=1S/C22H31FN6O2/c1-31-19-12-11-15(13-16(19)23)25-21-27-20(24-14-7-4-2-3-5-8-14)28-22(29-21)26-17-9-6-10-18(17)30/h11-14,17-18,30H,2-10H2,1H3,(H3,24,25,26,27,28,29). The molecule has 2 unspecified atom stereocenters. The Morgan fingerprint density at radius 2 is 1.61 bits per heavy atom. The Morgan fingerprint density at radius 1 is 0.903 bits per heavy atom. The first-order valence-electron chi connectivity index (χ1n) is 11.2. The predicted octanol–water partition coefficient (Wildman–Crippen LogP) is 4.22. The third kappa shape index (κ3) is 5.72. The van der Waals surface area contributed by atoms with Crippen LogP contribution in [-0.2, 0) is 0 Å². The van der Waals surface area contributed by atoms with Gasteiger partial charge in [-0.1, -0.05) is 25.7 Å². The molecule has 2 saturated carbocycles. The number of aliphatic hydroxyl groups is 1. The van der Waals surface area contributed by atoms with Gasteiger partial charge >= 0.3 is 0 Å². The average Bonchev–Trinajstić information content (AvgIpc) is 2.98. The summed E-state index contributed by atoms with van der Waals surface area (Å²) in [6.45, 7) is 0. The van der Waals surface area contributed by atoms with E-state index in [1.165, 1.54) is 38.9 Å². The summed E-state index contributed by atoms with van der Waals surface area (Å²) in [5.41, 5.74) is 0.511. The van der Waals surface area contributed by atoms with Gasteiger partial charge in [0.1, 0.15) is 0 Å². The van der Waals surface area contributed by atoms with Crippen LogP contribution in [0.3, 0.4) is 0 Å². The van der Waals surface area contributed by atoms with E-state index in [4.69, 9.17) is 4.74 Å². The van der Waals surface area contributed by atoms with Crippen molar-refractivity contribution in [3.05, 3.63) is 24.0 Å². The minimum atomic E-state index is -0.467. The van der Waals surface area contributed by atoms with Gasteiger partial charge in [0.15, 0.2) is 11.6 Å². The third-order valence-electron chi connectivity index (χ3n) is 6.03. The van der Waals surface area contributed by atoms with E-state index < -0.39 is 11.9 Å². The highest BCUT2D eigenvalue weighted by Crippen LogP contribution is 2.26. The minimum absolute atomic E-state index is 0.0839. The fourth-order valence-corrected chi connectivity index (χ4v) is 4.32. The lowest BCUT2D eigenvalue weighted by Crippen LogP contribution is -2.29. The van der Waals surface area contributed by atoms with Crippen LogP contribution in [0.4, 0.5) is 27.9 Å². The Hall–Kier alpha value is -2.68. The summed E-state index contributed by atoms with van der Waals surface area (Å²) in [6.07, 6.45) is 9.27. The molecule has 2 aromatic rings. The molecule has 8 nitrogen and oxygen atoms in total. The van der Waals surface area contributed by atoms with Crippen LogP contribution in [-0.4, -0.2) is 45.4 Å². The van der Waals surface area contributed by atoms with Crippen molar-refractivity contribution < 1.29 is 14.2 Å². The Bertz CT molecular complexity index is 875. The fraction of sp³-hybridized carbons (Fsp3) is 0.591. The number of methoxy groups -OCH3 is 1. The Kier molecular flexibility index (Phi) is 7.01. The predicted molar refractivity (Wildman–Crippen MR) is 118 cm³/mol. The van der Waals surface area contributed by atoms with Gasteiger partial charge in [0, 0.05) is 17.8 Å². The highest BCUT2D eigenvalue weighted by molar-refractivity contribution is 5.57. The maximum absolute atomic E-state index is 14.1. The van der Waals surface area contributed by atoms with Crippen molar-refractivity contribution >= 4 is 23.5 Å². The fourth-order valence-electron chi connectivity index (χ4n) is 4.32. The summed E-state index contributed by atoms with van der Waals surface area (Å²) in [5.74, 6) is 0.896. The molecule has 2 fully saturated rings. The van der Waals surface area contributed by atoms with E-state index in [1.54, 1.807) is 12.1 Å². The number of hydrogen-bond donors (Lipinski definition) is 4. The number of aliphatic hydroxyl groups excluding tert-OH is 1. The number of benzene rings is 1. The largest absolute Gasteiger partial charge is 0.494 e. The van der Waals surface area contributed by atoms with E-state index in [-0.39, 0.29) is 11.8 Å². The van der Waals surface area contributed by atoms with Crippen molar-refractivity contribution in [2.75, 3.05) is 23.1 Å². The van der Waals surface area contributed by atoms with Crippen LogP contribution in [0.5, 0.6) is 5.75 Å². The Morgan fingerprint density at radius 3 is 2.26 bits per heavy atom. The SMILES string of the molecule is COc1ccc(Nc2nc(NC3CCCCCC3)nc(NC3CCCC3O)n2)cc1F. The highest BCUT2D eigenvalue weighted by atomic mass is 19.1. The number of aromatic nitrogens is 3. The monoisotopic (exact) mass is 430 g/mol. The molecule has 2 aliphatic carbocycles. The summed E-state index contributed by atoms with van der Waals surface area (Å²) < 4.78 is 19.1. The molecular weight excluding hydrogens is 399 g/mol. The van der Waals surface area contributed by atoms with Crippen LogP contribution < -0.4 is 20.7 Å². The molecule has 0 bridgehead atoms. The van der Waals surface area contributed by atoms with Crippen LogP contribution in [0.15, 0.2) is 18.2 Å². The van der Waals surface area contributed by atoms with E-state index in [2.05, 4.69) is 30.9 Å². The topological polar surface area (TPSA) is 104 Å². The highest BCUT2D eigenvalue weighted by Gasteiger charge is 2.26. The molecular formula is C22H31FN6O2. The third-order valence-corrected chi connectivity index (χ3v) is 6.03. The zero-order valence-corrected chi connectivity index (χ0v) is 17.9. The lowest BCUT2D eigenvalue weighted by atomic mass is 10.1. The Balaban J connectivity index is 1.56. The van der Waals surface area contributed by atoms with Gasteiger partial charge in [-0.25, -0.2) is 4.39 Å². The van der Waals surface area contributed by atoms with Crippen molar-refractivity contribution in [1.82, 2.24) is 15.0 Å². The first-order valence-corrected chi connectivity index (χ1v) is 11.2. The molecule has 4 rings (SSSR count). The van der Waals surface area contributed by atoms with Crippen LogP contribution >= 0.6 is 0 Å². The molecule has 0 aliphatic heterocycles. The van der Waals surface area contributed by atoms with Crippen molar-refractivity contribution in [2.24, 2.45) is 0 Å². The van der Waals surface area contributed by atoms with E-state index in [0.29, 0.717) is 29.6 Å². The quantitative estimate of drug-likeness (QED) is 0.484. The molecule has 2 atom stereocenters. The van der Waals surface area contributed by atoms with Gasteiger partial charge in [-0.05, 0) is 44.2 Å².